The molecule has 0 saturated carbocycles. The zero-order valence-corrected chi connectivity index (χ0v) is 13.6. The van der Waals surface area contributed by atoms with Gasteiger partial charge in [-0.05, 0) is 19.8 Å². The van der Waals surface area contributed by atoms with Gasteiger partial charge >= 0.3 is 5.97 Å². The largest absolute Gasteiger partial charge is 0.469 e. The smallest absolute Gasteiger partial charge is 0.305 e. The summed E-state index contributed by atoms with van der Waals surface area (Å²) in [5.41, 5.74) is 0. The number of nitrogens with one attached hydrogen (secondary N) is 2. The second-order valence-electron chi connectivity index (χ2n) is 4.81. The summed E-state index contributed by atoms with van der Waals surface area (Å²) in [4.78, 5) is 19.6. The molecule has 0 saturated heterocycles. The molecule has 0 aromatic carbocycles. The number of carbonyl (C=O) groups is 1. The number of hydrogen-bond donors (Lipinski definition) is 2. The minimum Gasteiger partial charge on any atom is -0.469 e. The van der Waals surface area contributed by atoms with Crippen molar-refractivity contribution < 1.29 is 9.53 Å². The lowest BCUT2D eigenvalue weighted by Crippen LogP contribution is -2.37. The highest BCUT2D eigenvalue weighted by Gasteiger charge is 2.02. The number of aromatic nitrogens is 3. The monoisotopic (exact) mass is 310 g/mol. The van der Waals surface area contributed by atoms with E-state index in [0.29, 0.717) is 13.0 Å². The van der Waals surface area contributed by atoms with Crippen molar-refractivity contribution in [2.45, 2.75) is 39.2 Å². The van der Waals surface area contributed by atoms with Crippen molar-refractivity contribution in [1.82, 2.24) is 25.4 Å². The van der Waals surface area contributed by atoms with Crippen molar-refractivity contribution in [2.75, 3.05) is 20.2 Å². The molecule has 1 aromatic rings. The first-order valence-electron chi connectivity index (χ1n) is 7.59. The molecule has 8 nitrogen and oxygen atoms in total. The quantitative estimate of drug-likeness (QED) is 0.300. The van der Waals surface area contributed by atoms with E-state index in [1.165, 1.54) is 13.4 Å². The van der Waals surface area contributed by atoms with Crippen LogP contribution in [0.15, 0.2) is 11.3 Å². The first-order chi connectivity index (χ1) is 10.7. The van der Waals surface area contributed by atoms with Gasteiger partial charge < -0.3 is 15.4 Å². The summed E-state index contributed by atoms with van der Waals surface area (Å²) in [5.74, 6) is 1.43. The van der Waals surface area contributed by atoms with Crippen LogP contribution in [0.3, 0.4) is 0 Å². The Morgan fingerprint density at radius 2 is 2.18 bits per heavy atom. The highest BCUT2D eigenvalue weighted by Crippen LogP contribution is 2.00. The van der Waals surface area contributed by atoms with Crippen LogP contribution in [0.25, 0.3) is 0 Å². The van der Waals surface area contributed by atoms with Gasteiger partial charge in [-0.15, -0.1) is 0 Å². The molecule has 0 unspecified atom stereocenters. The summed E-state index contributed by atoms with van der Waals surface area (Å²) in [6, 6.07) is 0. The highest BCUT2D eigenvalue weighted by atomic mass is 16.5. The second kappa shape index (κ2) is 10.6. The SMILES string of the molecule is CCNC(=NCc1ncnn1C)NCCCCCC(=O)OC. The lowest BCUT2D eigenvalue weighted by molar-refractivity contribution is -0.140. The van der Waals surface area contributed by atoms with Gasteiger partial charge in [-0.3, -0.25) is 9.48 Å². The van der Waals surface area contributed by atoms with E-state index in [4.69, 9.17) is 0 Å². The van der Waals surface area contributed by atoms with Crippen molar-refractivity contribution in [3.63, 3.8) is 0 Å². The molecule has 0 atom stereocenters. The van der Waals surface area contributed by atoms with Crippen LogP contribution in [0, 0.1) is 0 Å². The minimum absolute atomic E-state index is 0.147. The Bertz CT molecular complexity index is 472. The Kier molecular flexibility index (Phi) is 8.63. The molecule has 124 valence electrons. The van der Waals surface area contributed by atoms with Crippen LogP contribution in [0.1, 0.15) is 38.4 Å². The van der Waals surface area contributed by atoms with E-state index in [2.05, 4.69) is 30.4 Å². The molecular formula is C14H26N6O2. The lowest BCUT2D eigenvalue weighted by Gasteiger charge is -2.11. The van der Waals surface area contributed by atoms with E-state index in [1.807, 2.05) is 14.0 Å². The van der Waals surface area contributed by atoms with Crippen molar-refractivity contribution in [1.29, 1.82) is 0 Å². The second-order valence-corrected chi connectivity index (χ2v) is 4.81. The fraction of sp³-hybridized carbons (Fsp3) is 0.714. The first kappa shape index (κ1) is 17.9. The number of unbranched alkanes of at least 4 members (excludes halogenated alkanes) is 2. The van der Waals surface area contributed by atoms with Crippen LogP contribution >= 0.6 is 0 Å². The number of hydrogen-bond acceptors (Lipinski definition) is 5. The van der Waals surface area contributed by atoms with Crippen molar-refractivity contribution in [3.8, 4) is 0 Å². The Balaban J connectivity index is 2.26. The fourth-order valence-electron chi connectivity index (χ4n) is 1.83. The fourth-order valence-corrected chi connectivity index (χ4v) is 1.83. The van der Waals surface area contributed by atoms with Crippen molar-refractivity contribution in [2.24, 2.45) is 12.0 Å². The van der Waals surface area contributed by atoms with Gasteiger partial charge in [0.25, 0.3) is 0 Å². The van der Waals surface area contributed by atoms with E-state index in [0.717, 1.165) is 44.1 Å². The number of rotatable bonds is 9. The zero-order chi connectivity index (χ0) is 16.2. The summed E-state index contributed by atoms with van der Waals surface area (Å²) in [5, 5.41) is 10.5. The summed E-state index contributed by atoms with van der Waals surface area (Å²) in [6.45, 7) is 4.11. The number of aryl methyl sites for hydroxylation is 1. The Morgan fingerprint density at radius 1 is 1.36 bits per heavy atom. The van der Waals surface area contributed by atoms with Gasteiger partial charge in [0.2, 0.25) is 0 Å². The van der Waals surface area contributed by atoms with Gasteiger partial charge in [0.05, 0.1) is 7.11 Å². The molecule has 8 heteroatoms. The number of nitrogens with zero attached hydrogens (tertiary/aromatic N) is 4. The van der Waals surface area contributed by atoms with Gasteiger partial charge in [-0.1, -0.05) is 6.42 Å². The predicted octanol–water partition coefficient (Wildman–Crippen LogP) is 0.604. The van der Waals surface area contributed by atoms with Crippen molar-refractivity contribution >= 4 is 11.9 Å². The van der Waals surface area contributed by atoms with Crippen LogP contribution in [0.5, 0.6) is 0 Å². The number of aliphatic imine (C=N–C) groups is 1. The molecule has 0 fully saturated rings. The third kappa shape index (κ3) is 7.05. The molecular weight excluding hydrogens is 284 g/mol. The molecule has 1 aromatic heterocycles. The van der Waals surface area contributed by atoms with Crippen LogP contribution < -0.4 is 10.6 Å². The standard InChI is InChI=1S/C14H26N6O2/c1-4-15-14(17-10-12-18-11-19-20(12)2)16-9-7-5-6-8-13(21)22-3/h11H,4-10H2,1-3H3,(H2,15,16,17). The maximum Gasteiger partial charge on any atom is 0.305 e. The number of carbonyl (C=O) groups excluding carboxylic acids is 1. The van der Waals surface area contributed by atoms with Crippen LogP contribution in [0.2, 0.25) is 0 Å². The molecule has 0 aliphatic heterocycles. The van der Waals surface area contributed by atoms with Crippen LogP contribution in [-0.2, 0) is 23.1 Å². The van der Waals surface area contributed by atoms with Gasteiger partial charge in [-0.25, -0.2) is 9.98 Å². The minimum atomic E-state index is -0.147. The van der Waals surface area contributed by atoms with E-state index in [1.54, 1.807) is 4.68 Å². The topological polar surface area (TPSA) is 93.4 Å². The maximum absolute atomic E-state index is 11.0. The van der Waals surface area contributed by atoms with Gasteiger partial charge in [0.1, 0.15) is 18.7 Å². The molecule has 1 heterocycles. The average molecular weight is 310 g/mol. The Morgan fingerprint density at radius 3 is 2.82 bits per heavy atom. The summed E-state index contributed by atoms with van der Waals surface area (Å²) in [6.07, 6.45) is 4.81. The molecule has 22 heavy (non-hydrogen) atoms. The normalized spacial score (nSPS) is 11.3. The molecule has 0 radical (unpaired) electrons. The number of guanidine groups is 1. The summed E-state index contributed by atoms with van der Waals surface area (Å²) >= 11 is 0. The first-order valence-corrected chi connectivity index (χ1v) is 7.59. The summed E-state index contributed by atoms with van der Waals surface area (Å²) < 4.78 is 6.32. The van der Waals surface area contributed by atoms with Gasteiger partial charge in [0.15, 0.2) is 5.96 Å². The molecule has 0 aliphatic rings. The molecule has 0 bridgehead atoms. The Labute approximate surface area is 131 Å². The van der Waals surface area contributed by atoms with E-state index >= 15 is 0 Å². The summed E-state index contributed by atoms with van der Waals surface area (Å²) in [7, 11) is 3.26. The third-order valence-corrected chi connectivity index (χ3v) is 3.11. The molecule has 0 amide bonds. The lowest BCUT2D eigenvalue weighted by atomic mass is 10.2. The Hall–Kier alpha value is -2.12. The molecule has 0 aliphatic carbocycles. The average Bonchev–Trinajstić information content (AvgIpc) is 2.93. The number of esters is 1. The van der Waals surface area contributed by atoms with E-state index in [-0.39, 0.29) is 5.97 Å². The molecule has 0 spiro atoms. The number of ether oxygens (including phenoxy) is 1. The predicted molar refractivity (Wildman–Crippen MR) is 84.3 cm³/mol. The van der Waals surface area contributed by atoms with Gasteiger partial charge in [0, 0.05) is 26.6 Å². The van der Waals surface area contributed by atoms with Crippen molar-refractivity contribution in [3.05, 3.63) is 12.2 Å². The number of methoxy groups -OCH3 is 1. The van der Waals surface area contributed by atoms with E-state index < -0.39 is 0 Å². The highest BCUT2D eigenvalue weighted by molar-refractivity contribution is 5.79. The van der Waals surface area contributed by atoms with E-state index in [9.17, 15) is 4.79 Å². The third-order valence-electron chi connectivity index (χ3n) is 3.11. The zero-order valence-electron chi connectivity index (χ0n) is 13.6. The molecule has 2 N–H and O–H groups in total. The van der Waals surface area contributed by atoms with Crippen LogP contribution in [0.4, 0.5) is 0 Å². The van der Waals surface area contributed by atoms with Crippen LogP contribution in [-0.4, -0.2) is 46.9 Å². The maximum atomic E-state index is 11.0. The molecule has 1 rings (SSSR count). The van der Waals surface area contributed by atoms with Gasteiger partial charge in [-0.2, -0.15) is 5.10 Å².